The first-order chi connectivity index (χ1) is 11.3. The molecule has 0 radical (unpaired) electrons. The van der Waals surface area contributed by atoms with Gasteiger partial charge in [-0.05, 0) is 24.6 Å². The number of benzene rings is 1. The Morgan fingerprint density at radius 3 is 2.91 bits per heavy atom. The molecule has 0 bridgehead atoms. The van der Waals surface area contributed by atoms with Crippen LogP contribution in [0.5, 0.6) is 0 Å². The van der Waals surface area contributed by atoms with Crippen molar-refractivity contribution in [3.05, 3.63) is 48.3 Å². The zero-order valence-corrected chi connectivity index (χ0v) is 13.3. The number of para-hydroxylation sites is 1. The second-order valence-electron chi connectivity index (χ2n) is 6.78. The summed E-state index contributed by atoms with van der Waals surface area (Å²) in [4.78, 5) is 2.44. The molecule has 5 nitrogen and oxygen atoms in total. The van der Waals surface area contributed by atoms with Crippen molar-refractivity contribution in [1.82, 2.24) is 14.7 Å². The van der Waals surface area contributed by atoms with Gasteiger partial charge in [0.25, 0.3) is 0 Å². The molecule has 1 aromatic carbocycles. The fraction of sp³-hybridized carbons (Fsp3) is 0.500. The van der Waals surface area contributed by atoms with Crippen LogP contribution in [-0.2, 0) is 11.3 Å². The van der Waals surface area contributed by atoms with Crippen molar-refractivity contribution in [2.75, 3.05) is 32.9 Å². The molecule has 1 aromatic heterocycles. The third-order valence-electron chi connectivity index (χ3n) is 5.37. The van der Waals surface area contributed by atoms with Crippen LogP contribution in [0.25, 0.3) is 5.69 Å². The molecule has 0 unspecified atom stereocenters. The molecule has 0 spiro atoms. The molecule has 2 fully saturated rings. The predicted molar refractivity (Wildman–Crippen MR) is 87.3 cm³/mol. The summed E-state index contributed by atoms with van der Waals surface area (Å²) in [5.74, 6) is 0.439. The van der Waals surface area contributed by atoms with E-state index >= 15 is 0 Å². The van der Waals surface area contributed by atoms with Crippen LogP contribution in [-0.4, -0.2) is 52.7 Å². The van der Waals surface area contributed by atoms with Gasteiger partial charge in [-0.15, -0.1) is 0 Å². The number of nitrogens with zero attached hydrogens (tertiary/aromatic N) is 3. The molecule has 2 aliphatic heterocycles. The zero-order chi connectivity index (χ0) is 15.7. The Morgan fingerprint density at radius 2 is 2.13 bits per heavy atom. The van der Waals surface area contributed by atoms with E-state index in [2.05, 4.69) is 28.2 Å². The van der Waals surface area contributed by atoms with Crippen LogP contribution in [0, 0.1) is 11.3 Å². The lowest BCUT2D eigenvalue weighted by Crippen LogP contribution is -2.41. The second kappa shape index (κ2) is 6.07. The smallest absolute Gasteiger partial charge is 0.0649 e. The molecule has 5 heteroatoms. The first-order valence-corrected chi connectivity index (χ1v) is 8.30. The van der Waals surface area contributed by atoms with E-state index < -0.39 is 0 Å². The van der Waals surface area contributed by atoms with Crippen LogP contribution in [0.1, 0.15) is 12.1 Å². The van der Waals surface area contributed by atoms with Crippen molar-refractivity contribution in [2.45, 2.75) is 13.0 Å². The summed E-state index contributed by atoms with van der Waals surface area (Å²) in [6, 6.07) is 12.3. The highest BCUT2D eigenvalue weighted by Crippen LogP contribution is 2.42. The standard InChI is InChI=1S/C18H23N3O2/c22-14-18-7-9-23-12-15(18)10-20(13-18)11-17-6-8-19-21(17)16-4-2-1-3-5-16/h1-6,8,15,22H,7,9-14H2/t15-,18-/m1/s1. The van der Waals surface area contributed by atoms with Gasteiger partial charge in [-0.25, -0.2) is 4.68 Å². The quantitative estimate of drug-likeness (QED) is 0.933. The van der Waals surface area contributed by atoms with E-state index in [9.17, 15) is 5.11 Å². The van der Waals surface area contributed by atoms with Crippen molar-refractivity contribution in [1.29, 1.82) is 0 Å². The lowest BCUT2D eigenvalue weighted by Gasteiger charge is -2.36. The molecule has 1 N–H and O–H groups in total. The molecule has 3 heterocycles. The van der Waals surface area contributed by atoms with E-state index in [4.69, 9.17) is 4.74 Å². The Labute approximate surface area is 136 Å². The Balaban J connectivity index is 1.53. The molecule has 23 heavy (non-hydrogen) atoms. The van der Waals surface area contributed by atoms with Crippen molar-refractivity contribution < 1.29 is 9.84 Å². The topological polar surface area (TPSA) is 50.5 Å². The number of fused-ring (bicyclic) bond motifs is 1. The minimum atomic E-state index is 0.0237. The van der Waals surface area contributed by atoms with Crippen molar-refractivity contribution in [3.8, 4) is 5.69 Å². The fourth-order valence-electron chi connectivity index (χ4n) is 4.02. The maximum absolute atomic E-state index is 9.93. The molecule has 0 amide bonds. The van der Waals surface area contributed by atoms with Crippen LogP contribution in [0.2, 0.25) is 0 Å². The third-order valence-corrected chi connectivity index (χ3v) is 5.37. The van der Waals surface area contributed by atoms with Gasteiger partial charge in [0, 0.05) is 43.8 Å². The summed E-state index contributed by atoms with van der Waals surface area (Å²) in [5.41, 5.74) is 2.30. The number of hydrogen-bond donors (Lipinski definition) is 1. The monoisotopic (exact) mass is 313 g/mol. The Hall–Kier alpha value is -1.69. The highest BCUT2D eigenvalue weighted by Gasteiger charge is 2.47. The molecule has 0 saturated carbocycles. The molecule has 2 saturated heterocycles. The molecule has 2 aliphatic rings. The third kappa shape index (κ3) is 2.69. The van der Waals surface area contributed by atoms with Gasteiger partial charge in [-0.1, -0.05) is 18.2 Å². The van der Waals surface area contributed by atoms with E-state index in [0.29, 0.717) is 5.92 Å². The van der Waals surface area contributed by atoms with Crippen LogP contribution >= 0.6 is 0 Å². The van der Waals surface area contributed by atoms with Crippen molar-refractivity contribution >= 4 is 0 Å². The molecular formula is C18H23N3O2. The van der Waals surface area contributed by atoms with Gasteiger partial charge in [0.1, 0.15) is 0 Å². The van der Waals surface area contributed by atoms with Gasteiger partial charge < -0.3 is 9.84 Å². The molecule has 2 aromatic rings. The summed E-state index contributed by atoms with van der Waals surface area (Å²) >= 11 is 0. The van der Waals surface area contributed by atoms with Crippen LogP contribution < -0.4 is 0 Å². The summed E-state index contributed by atoms with van der Waals surface area (Å²) in [7, 11) is 0. The van der Waals surface area contributed by atoms with Gasteiger partial charge >= 0.3 is 0 Å². The Bertz CT molecular complexity index is 657. The number of aliphatic hydroxyl groups excluding tert-OH is 1. The summed E-state index contributed by atoms with van der Waals surface area (Å²) in [6.45, 7) is 4.59. The van der Waals surface area contributed by atoms with E-state index in [1.807, 2.05) is 29.1 Å². The first kappa shape index (κ1) is 14.9. The van der Waals surface area contributed by atoms with Gasteiger partial charge in [-0.2, -0.15) is 5.10 Å². The van der Waals surface area contributed by atoms with Gasteiger partial charge in [0.2, 0.25) is 0 Å². The van der Waals surface area contributed by atoms with Crippen molar-refractivity contribution in [3.63, 3.8) is 0 Å². The second-order valence-corrected chi connectivity index (χ2v) is 6.78. The van der Waals surface area contributed by atoms with Gasteiger partial charge in [-0.3, -0.25) is 4.90 Å². The van der Waals surface area contributed by atoms with Gasteiger partial charge in [0.05, 0.1) is 24.6 Å². The fourth-order valence-corrected chi connectivity index (χ4v) is 4.02. The van der Waals surface area contributed by atoms with E-state index in [1.54, 1.807) is 0 Å². The molecule has 4 rings (SSSR count). The Kier molecular flexibility index (Phi) is 3.93. The summed E-state index contributed by atoms with van der Waals surface area (Å²) < 4.78 is 7.64. The average Bonchev–Trinajstić information content (AvgIpc) is 3.20. The minimum Gasteiger partial charge on any atom is -0.396 e. The highest BCUT2D eigenvalue weighted by atomic mass is 16.5. The molecule has 2 atom stereocenters. The number of aromatic nitrogens is 2. The maximum Gasteiger partial charge on any atom is 0.0649 e. The van der Waals surface area contributed by atoms with E-state index in [-0.39, 0.29) is 12.0 Å². The van der Waals surface area contributed by atoms with Crippen LogP contribution in [0.4, 0.5) is 0 Å². The highest BCUT2D eigenvalue weighted by molar-refractivity contribution is 5.32. The number of likely N-dealkylation sites (tertiary alicyclic amines) is 1. The minimum absolute atomic E-state index is 0.0237. The normalized spacial score (nSPS) is 28.0. The SMILES string of the molecule is OC[C@]12CCOC[C@H]1CN(Cc1ccnn1-c1ccccc1)C2. The zero-order valence-electron chi connectivity index (χ0n) is 13.3. The number of ether oxygens (including phenoxy) is 1. The average molecular weight is 313 g/mol. The largest absolute Gasteiger partial charge is 0.396 e. The van der Waals surface area contributed by atoms with Gasteiger partial charge in [0.15, 0.2) is 0 Å². The van der Waals surface area contributed by atoms with Crippen LogP contribution in [0.3, 0.4) is 0 Å². The molecular weight excluding hydrogens is 290 g/mol. The van der Waals surface area contributed by atoms with E-state index in [1.165, 1.54) is 5.69 Å². The number of aliphatic hydroxyl groups is 1. The summed E-state index contributed by atoms with van der Waals surface area (Å²) in [6.07, 6.45) is 2.82. The predicted octanol–water partition coefficient (Wildman–Crippen LogP) is 1.70. The molecule has 122 valence electrons. The van der Waals surface area contributed by atoms with E-state index in [0.717, 1.165) is 45.0 Å². The maximum atomic E-state index is 9.93. The number of hydrogen-bond acceptors (Lipinski definition) is 4. The lowest BCUT2D eigenvalue weighted by molar-refractivity contribution is -0.0417. The van der Waals surface area contributed by atoms with Crippen LogP contribution in [0.15, 0.2) is 42.6 Å². The lowest BCUT2D eigenvalue weighted by atomic mass is 9.75. The molecule has 0 aliphatic carbocycles. The summed E-state index contributed by atoms with van der Waals surface area (Å²) in [5, 5.41) is 14.4. The first-order valence-electron chi connectivity index (χ1n) is 8.30. The number of rotatable bonds is 4. The Morgan fingerprint density at radius 1 is 1.26 bits per heavy atom. The van der Waals surface area contributed by atoms with Crippen molar-refractivity contribution in [2.24, 2.45) is 11.3 Å².